The molecule has 2 rings (SSSR count). The average molecular weight is 189 g/mol. The van der Waals surface area contributed by atoms with E-state index < -0.39 is 0 Å². The topological polar surface area (TPSA) is 60.4 Å². The van der Waals surface area contributed by atoms with E-state index in [0.717, 1.165) is 11.3 Å². The molecule has 72 valence electrons. The number of imidazole rings is 1. The first-order valence-electron chi connectivity index (χ1n) is 4.39. The summed E-state index contributed by atoms with van der Waals surface area (Å²) in [6.45, 7) is 1.95. The molecule has 0 saturated carbocycles. The van der Waals surface area contributed by atoms with Gasteiger partial charge in [0.1, 0.15) is 5.65 Å². The van der Waals surface area contributed by atoms with Crippen molar-refractivity contribution in [2.24, 2.45) is 5.73 Å². The molecular weight excluding hydrogens is 178 g/mol. The SMILES string of the molecule is Cc1cn2cc(C(=O)CN)ccc2n1. The van der Waals surface area contributed by atoms with E-state index in [1.807, 2.05) is 23.6 Å². The molecule has 2 aromatic rings. The number of aryl methyl sites for hydroxylation is 1. The number of nitrogens with zero attached hydrogens (tertiary/aromatic N) is 2. The number of nitrogens with two attached hydrogens (primary N) is 1. The molecule has 4 heteroatoms. The predicted octanol–water partition coefficient (Wildman–Crippen LogP) is 0.784. The van der Waals surface area contributed by atoms with Crippen LogP contribution in [0.15, 0.2) is 24.5 Å². The molecule has 0 aliphatic rings. The number of ketones is 1. The smallest absolute Gasteiger partial charge is 0.177 e. The Kier molecular flexibility index (Phi) is 2.05. The Balaban J connectivity index is 2.55. The van der Waals surface area contributed by atoms with Gasteiger partial charge in [0.05, 0.1) is 12.2 Å². The predicted molar refractivity (Wildman–Crippen MR) is 53.3 cm³/mol. The summed E-state index contributed by atoms with van der Waals surface area (Å²) in [6.07, 6.45) is 3.63. The molecular formula is C10H11N3O. The van der Waals surface area contributed by atoms with E-state index in [0.29, 0.717) is 5.56 Å². The molecule has 14 heavy (non-hydrogen) atoms. The third-order valence-electron chi connectivity index (χ3n) is 2.08. The summed E-state index contributed by atoms with van der Waals surface area (Å²) >= 11 is 0. The Bertz CT molecular complexity index is 487. The third-order valence-corrected chi connectivity index (χ3v) is 2.08. The lowest BCUT2D eigenvalue weighted by molar-refractivity contribution is 0.100. The zero-order chi connectivity index (χ0) is 10.1. The minimum atomic E-state index is -0.0572. The quantitative estimate of drug-likeness (QED) is 0.710. The zero-order valence-corrected chi connectivity index (χ0v) is 7.90. The van der Waals surface area contributed by atoms with Crippen molar-refractivity contribution in [3.8, 4) is 0 Å². The zero-order valence-electron chi connectivity index (χ0n) is 7.90. The highest BCUT2D eigenvalue weighted by Gasteiger charge is 2.04. The van der Waals surface area contributed by atoms with Crippen molar-refractivity contribution in [2.75, 3.05) is 6.54 Å². The first kappa shape index (κ1) is 8.90. The van der Waals surface area contributed by atoms with Crippen LogP contribution in [0.25, 0.3) is 5.65 Å². The fourth-order valence-corrected chi connectivity index (χ4v) is 1.40. The van der Waals surface area contributed by atoms with Crippen LogP contribution in [0.2, 0.25) is 0 Å². The number of pyridine rings is 1. The Morgan fingerprint density at radius 3 is 3.00 bits per heavy atom. The van der Waals surface area contributed by atoms with Crippen molar-refractivity contribution >= 4 is 11.4 Å². The van der Waals surface area contributed by atoms with Crippen molar-refractivity contribution in [3.05, 3.63) is 35.8 Å². The molecule has 2 heterocycles. The van der Waals surface area contributed by atoms with E-state index in [9.17, 15) is 4.79 Å². The molecule has 0 aromatic carbocycles. The summed E-state index contributed by atoms with van der Waals surface area (Å²) in [4.78, 5) is 15.6. The van der Waals surface area contributed by atoms with Crippen LogP contribution in [0.4, 0.5) is 0 Å². The van der Waals surface area contributed by atoms with Crippen molar-refractivity contribution < 1.29 is 4.79 Å². The summed E-state index contributed by atoms with van der Waals surface area (Å²) in [5.74, 6) is -0.0572. The largest absolute Gasteiger partial charge is 0.324 e. The average Bonchev–Trinajstić information content (AvgIpc) is 2.55. The van der Waals surface area contributed by atoms with Crippen LogP contribution < -0.4 is 5.73 Å². The molecule has 0 amide bonds. The van der Waals surface area contributed by atoms with Crippen LogP contribution in [-0.4, -0.2) is 21.7 Å². The second-order valence-corrected chi connectivity index (χ2v) is 3.19. The van der Waals surface area contributed by atoms with Gasteiger partial charge in [-0.05, 0) is 19.1 Å². The lowest BCUT2D eigenvalue weighted by Gasteiger charge is -1.98. The number of carbonyl (C=O) groups excluding carboxylic acids is 1. The van der Waals surface area contributed by atoms with E-state index >= 15 is 0 Å². The molecule has 0 fully saturated rings. The van der Waals surface area contributed by atoms with Gasteiger partial charge in [0.2, 0.25) is 0 Å². The van der Waals surface area contributed by atoms with Gasteiger partial charge in [-0.2, -0.15) is 0 Å². The number of rotatable bonds is 2. The fourth-order valence-electron chi connectivity index (χ4n) is 1.40. The van der Waals surface area contributed by atoms with E-state index in [4.69, 9.17) is 5.73 Å². The highest BCUT2D eigenvalue weighted by molar-refractivity contribution is 5.97. The summed E-state index contributed by atoms with van der Waals surface area (Å²) in [5, 5.41) is 0. The van der Waals surface area contributed by atoms with E-state index in [1.165, 1.54) is 0 Å². The Labute approximate surface area is 81.4 Å². The van der Waals surface area contributed by atoms with Crippen molar-refractivity contribution in [2.45, 2.75) is 6.92 Å². The van der Waals surface area contributed by atoms with Gasteiger partial charge >= 0.3 is 0 Å². The van der Waals surface area contributed by atoms with Crippen LogP contribution in [0.3, 0.4) is 0 Å². The van der Waals surface area contributed by atoms with Gasteiger partial charge in [-0.15, -0.1) is 0 Å². The van der Waals surface area contributed by atoms with Crippen LogP contribution in [-0.2, 0) is 0 Å². The molecule has 0 radical (unpaired) electrons. The van der Waals surface area contributed by atoms with Crippen LogP contribution in [0, 0.1) is 6.92 Å². The molecule has 2 aromatic heterocycles. The van der Waals surface area contributed by atoms with Gasteiger partial charge in [-0.25, -0.2) is 4.98 Å². The molecule has 0 spiro atoms. The van der Waals surface area contributed by atoms with Gasteiger partial charge in [0.15, 0.2) is 5.78 Å². The van der Waals surface area contributed by atoms with Crippen LogP contribution >= 0.6 is 0 Å². The normalized spacial score (nSPS) is 10.7. The lowest BCUT2D eigenvalue weighted by Crippen LogP contribution is -2.13. The highest BCUT2D eigenvalue weighted by Crippen LogP contribution is 2.07. The maximum Gasteiger partial charge on any atom is 0.177 e. The minimum absolute atomic E-state index is 0.0409. The summed E-state index contributed by atoms with van der Waals surface area (Å²) in [7, 11) is 0. The van der Waals surface area contributed by atoms with Crippen molar-refractivity contribution in [3.63, 3.8) is 0 Å². The molecule has 0 bridgehead atoms. The van der Waals surface area contributed by atoms with Crippen molar-refractivity contribution in [1.29, 1.82) is 0 Å². The minimum Gasteiger partial charge on any atom is -0.324 e. The van der Waals surface area contributed by atoms with Gasteiger partial charge in [-0.1, -0.05) is 0 Å². The fraction of sp³-hybridized carbons (Fsp3) is 0.200. The number of hydrogen-bond donors (Lipinski definition) is 1. The Hall–Kier alpha value is -1.68. The molecule has 4 nitrogen and oxygen atoms in total. The van der Waals surface area contributed by atoms with Gasteiger partial charge in [-0.3, -0.25) is 4.79 Å². The molecule has 0 aliphatic carbocycles. The van der Waals surface area contributed by atoms with Gasteiger partial charge in [0, 0.05) is 18.0 Å². The molecule has 2 N–H and O–H groups in total. The second-order valence-electron chi connectivity index (χ2n) is 3.19. The summed E-state index contributed by atoms with van der Waals surface area (Å²) < 4.78 is 1.83. The second kappa shape index (κ2) is 3.23. The standard InChI is InChI=1S/C10H11N3O/c1-7-5-13-6-8(9(14)4-11)2-3-10(13)12-7/h2-3,5-6H,4,11H2,1H3. The summed E-state index contributed by atoms with van der Waals surface area (Å²) in [6, 6.07) is 3.56. The van der Waals surface area contributed by atoms with Gasteiger partial charge in [0.25, 0.3) is 0 Å². The van der Waals surface area contributed by atoms with Crippen LogP contribution in [0.5, 0.6) is 0 Å². The first-order chi connectivity index (χ1) is 6.70. The van der Waals surface area contributed by atoms with Crippen LogP contribution in [0.1, 0.15) is 16.1 Å². The molecule has 0 saturated heterocycles. The third kappa shape index (κ3) is 1.40. The number of Topliss-reactive ketones (excluding diaryl/α,β-unsaturated/α-hetero) is 1. The maximum absolute atomic E-state index is 11.3. The highest BCUT2D eigenvalue weighted by atomic mass is 16.1. The molecule has 0 unspecified atom stereocenters. The van der Waals surface area contributed by atoms with Crippen molar-refractivity contribution in [1.82, 2.24) is 9.38 Å². The number of carbonyl (C=O) groups is 1. The number of hydrogen-bond acceptors (Lipinski definition) is 3. The number of aromatic nitrogens is 2. The van der Waals surface area contributed by atoms with E-state index in [2.05, 4.69) is 4.98 Å². The number of fused-ring (bicyclic) bond motifs is 1. The maximum atomic E-state index is 11.3. The van der Waals surface area contributed by atoms with E-state index in [-0.39, 0.29) is 12.3 Å². The molecule has 0 atom stereocenters. The van der Waals surface area contributed by atoms with E-state index in [1.54, 1.807) is 12.3 Å². The summed E-state index contributed by atoms with van der Waals surface area (Å²) in [5.41, 5.74) is 7.68. The lowest BCUT2D eigenvalue weighted by atomic mass is 10.2. The first-order valence-corrected chi connectivity index (χ1v) is 4.39. The Morgan fingerprint density at radius 2 is 2.29 bits per heavy atom. The van der Waals surface area contributed by atoms with Gasteiger partial charge < -0.3 is 10.1 Å². The molecule has 0 aliphatic heterocycles. The monoisotopic (exact) mass is 189 g/mol. The Morgan fingerprint density at radius 1 is 1.50 bits per heavy atom.